The summed E-state index contributed by atoms with van der Waals surface area (Å²) in [4.78, 5) is 75.4. The fourth-order valence-electron chi connectivity index (χ4n) is 5.72. The van der Waals surface area contributed by atoms with E-state index in [0.717, 1.165) is 20.4 Å². The number of nitrogens with zero attached hydrogens (tertiary/aromatic N) is 4. The number of nitrogens with one attached hydrogen (secondary N) is 2. The number of oxazole rings is 1. The SMILES string of the molecule is CC(C)(C)c1cnc(CSc2cnc(NC(=O)C3CCN(Cc4ccc5c(c4Br)C(=O)N(C4CCC(=O)NC4=O)C5=O)CC3)s2)o1. The van der Waals surface area contributed by atoms with Gasteiger partial charge in [0, 0.05) is 28.8 Å². The predicted octanol–water partition coefficient (Wildman–Crippen LogP) is 4.74. The number of hydrogen-bond acceptors (Lipinski definition) is 11. The van der Waals surface area contributed by atoms with E-state index in [9.17, 15) is 24.0 Å². The number of anilines is 1. The molecule has 0 saturated carbocycles. The molecule has 0 bridgehead atoms. The van der Waals surface area contributed by atoms with Crippen LogP contribution in [0.1, 0.15) is 84.4 Å². The Hall–Kier alpha value is -3.40. The number of carbonyl (C=O) groups excluding carboxylic acids is 5. The zero-order valence-corrected chi connectivity index (χ0v) is 28.8. The van der Waals surface area contributed by atoms with Crippen molar-refractivity contribution < 1.29 is 28.4 Å². The summed E-state index contributed by atoms with van der Waals surface area (Å²) in [7, 11) is 0. The largest absolute Gasteiger partial charge is 0.444 e. The van der Waals surface area contributed by atoms with E-state index in [-0.39, 0.29) is 41.2 Å². The van der Waals surface area contributed by atoms with E-state index in [1.807, 2.05) is 6.07 Å². The lowest BCUT2D eigenvalue weighted by atomic mass is 9.94. The Kier molecular flexibility index (Phi) is 9.20. The Balaban J connectivity index is 1.00. The first-order chi connectivity index (χ1) is 21.9. The lowest BCUT2D eigenvalue weighted by Gasteiger charge is -2.31. The van der Waals surface area contributed by atoms with Crippen LogP contribution in [0.5, 0.6) is 0 Å². The van der Waals surface area contributed by atoms with Crippen molar-refractivity contribution in [3.05, 3.63) is 57.3 Å². The minimum atomic E-state index is -1.01. The van der Waals surface area contributed by atoms with Crippen molar-refractivity contribution in [2.75, 3.05) is 18.4 Å². The molecule has 2 N–H and O–H groups in total. The van der Waals surface area contributed by atoms with Crippen molar-refractivity contribution in [2.45, 2.75) is 74.4 Å². The fraction of sp³-hybridized carbons (Fsp3) is 0.452. The van der Waals surface area contributed by atoms with Crippen molar-refractivity contribution in [2.24, 2.45) is 5.92 Å². The summed E-state index contributed by atoms with van der Waals surface area (Å²) in [6.45, 7) is 8.12. The zero-order valence-electron chi connectivity index (χ0n) is 25.6. The molecule has 15 heteroatoms. The summed E-state index contributed by atoms with van der Waals surface area (Å²) in [5.41, 5.74) is 1.20. The van der Waals surface area contributed by atoms with Crippen LogP contribution in [0.15, 0.2) is 37.6 Å². The average molecular weight is 730 g/mol. The van der Waals surface area contributed by atoms with Gasteiger partial charge in [-0.1, -0.05) is 38.2 Å². The molecule has 6 rings (SSSR count). The molecular weight excluding hydrogens is 696 g/mol. The van der Waals surface area contributed by atoms with E-state index >= 15 is 0 Å². The third-order valence-corrected chi connectivity index (χ3v) is 11.3. The summed E-state index contributed by atoms with van der Waals surface area (Å²) in [6, 6.07) is 2.42. The third-order valence-electron chi connectivity index (χ3n) is 8.32. The smallest absolute Gasteiger partial charge is 0.263 e. The van der Waals surface area contributed by atoms with Gasteiger partial charge in [0.1, 0.15) is 11.8 Å². The molecule has 3 aromatic rings. The van der Waals surface area contributed by atoms with E-state index in [1.165, 1.54) is 11.3 Å². The normalized spacial score (nSPS) is 19.5. The van der Waals surface area contributed by atoms with Crippen molar-refractivity contribution in [3.63, 3.8) is 0 Å². The van der Waals surface area contributed by atoms with Crippen LogP contribution >= 0.6 is 39.0 Å². The number of thiazole rings is 1. The van der Waals surface area contributed by atoms with Gasteiger partial charge in [-0.05, 0) is 59.9 Å². The van der Waals surface area contributed by atoms with Gasteiger partial charge >= 0.3 is 0 Å². The highest BCUT2D eigenvalue weighted by molar-refractivity contribution is 9.10. The molecule has 5 amide bonds. The molecule has 3 aliphatic rings. The highest BCUT2D eigenvalue weighted by Gasteiger charge is 2.46. The number of piperidine rings is 2. The lowest BCUT2D eigenvalue weighted by molar-refractivity contribution is -0.136. The first-order valence-electron chi connectivity index (χ1n) is 15.0. The van der Waals surface area contributed by atoms with Gasteiger partial charge in [0.25, 0.3) is 11.8 Å². The summed E-state index contributed by atoms with van der Waals surface area (Å²) >= 11 is 6.54. The molecule has 0 radical (unpaired) electrons. The minimum absolute atomic E-state index is 0.0515. The van der Waals surface area contributed by atoms with Crippen LogP contribution < -0.4 is 10.6 Å². The highest BCUT2D eigenvalue weighted by atomic mass is 79.9. The number of hydrogen-bond donors (Lipinski definition) is 2. The maximum Gasteiger partial charge on any atom is 0.263 e. The molecule has 12 nitrogen and oxygen atoms in total. The Labute approximate surface area is 282 Å². The molecule has 46 heavy (non-hydrogen) atoms. The number of amides is 5. The standard InChI is InChI=1S/C31H33BrN6O6S2/c1-31(2,3)20-12-33-22(44-20)15-45-23-13-34-30(46-23)36-26(40)16-8-10-37(11-9-16)14-17-4-5-18-24(25(17)32)29(43)38(28(18)42)19-6-7-21(39)35-27(19)41/h4-5,12-13,16,19H,6-11,14-15H2,1-3H3,(H,34,36,40)(H,35,39,41). The Morgan fingerprint density at radius 1 is 1.11 bits per heavy atom. The number of fused-ring (bicyclic) bond motifs is 1. The summed E-state index contributed by atoms with van der Waals surface area (Å²) in [5.74, 6) is -0.262. The molecule has 1 unspecified atom stereocenters. The minimum Gasteiger partial charge on any atom is -0.444 e. The Morgan fingerprint density at radius 2 is 1.87 bits per heavy atom. The molecule has 0 spiro atoms. The fourth-order valence-corrected chi connectivity index (χ4v) is 8.09. The van der Waals surface area contributed by atoms with E-state index in [4.69, 9.17) is 4.42 Å². The molecular formula is C31H33BrN6O6S2. The molecule has 2 fully saturated rings. The van der Waals surface area contributed by atoms with Gasteiger partial charge in [0.15, 0.2) is 5.13 Å². The number of thioether (sulfide) groups is 1. The van der Waals surface area contributed by atoms with Crippen LogP contribution in [0.2, 0.25) is 0 Å². The molecule has 2 aromatic heterocycles. The van der Waals surface area contributed by atoms with Gasteiger partial charge in [0.2, 0.25) is 23.6 Å². The number of carbonyl (C=O) groups is 5. The van der Waals surface area contributed by atoms with E-state index in [2.05, 4.69) is 62.2 Å². The Morgan fingerprint density at radius 3 is 2.57 bits per heavy atom. The Bertz CT molecular complexity index is 1720. The van der Waals surface area contributed by atoms with E-state index in [1.54, 1.807) is 30.2 Å². The van der Waals surface area contributed by atoms with Gasteiger partial charge in [0.05, 0.1) is 33.5 Å². The summed E-state index contributed by atoms with van der Waals surface area (Å²) in [5, 5.41) is 5.75. The van der Waals surface area contributed by atoms with Gasteiger partial charge in [-0.3, -0.25) is 39.1 Å². The molecule has 1 aromatic carbocycles. The van der Waals surface area contributed by atoms with Crippen LogP contribution in [0.3, 0.4) is 0 Å². The van der Waals surface area contributed by atoms with Crippen molar-refractivity contribution in [3.8, 4) is 0 Å². The molecule has 2 saturated heterocycles. The number of benzene rings is 1. The summed E-state index contributed by atoms with van der Waals surface area (Å²) in [6.07, 6.45) is 5.03. The van der Waals surface area contributed by atoms with E-state index in [0.29, 0.717) is 53.7 Å². The van der Waals surface area contributed by atoms with Crippen LogP contribution in [0.4, 0.5) is 5.13 Å². The van der Waals surface area contributed by atoms with Gasteiger partial charge in [-0.25, -0.2) is 9.97 Å². The average Bonchev–Trinajstić information content (AvgIpc) is 3.73. The van der Waals surface area contributed by atoms with Gasteiger partial charge in [-0.15, -0.1) is 11.8 Å². The van der Waals surface area contributed by atoms with Crippen molar-refractivity contribution >= 4 is 73.7 Å². The molecule has 0 aliphatic carbocycles. The number of halogens is 1. The first-order valence-corrected chi connectivity index (χ1v) is 17.6. The number of likely N-dealkylation sites (tertiary alicyclic amines) is 1. The van der Waals surface area contributed by atoms with Crippen LogP contribution in [0, 0.1) is 5.92 Å². The molecule has 5 heterocycles. The van der Waals surface area contributed by atoms with E-state index < -0.39 is 29.7 Å². The third kappa shape index (κ3) is 6.68. The van der Waals surface area contributed by atoms with Gasteiger partial charge in [-0.2, -0.15) is 0 Å². The van der Waals surface area contributed by atoms with Crippen molar-refractivity contribution in [1.82, 2.24) is 25.1 Å². The zero-order chi connectivity index (χ0) is 32.7. The molecule has 1 atom stereocenters. The highest BCUT2D eigenvalue weighted by Crippen LogP contribution is 2.36. The monoisotopic (exact) mass is 728 g/mol. The predicted molar refractivity (Wildman–Crippen MR) is 174 cm³/mol. The second kappa shape index (κ2) is 13.0. The maximum atomic E-state index is 13.3. The topological polar surface area (TPSA) is 155 Å². The van der Waals surface area contributed by atoms with Crippen LogP contribution in [-0.2, 0) is 32.1 Å². The summed E-state index contributed by atoms with van der Waals surface area (Å²) < 4.78 is 7.34. The number of rotatable bonds is 8. The lowest BCUT2D eigenvalue weighted by Crippen LogP contribution is -2.54. The second-order valence-corrected chi connectivity index (χ2v) is 15.7. The quantitative estimate of drug-likeness (QED) is 0.246. The van der Waals surface area contributed by atoms with Gasteiger partial charge < -0.3 is 9.73 Å². The second-order valence-electron chi connectivity index (χ2n) is 12.6. The van der Waals surface area contributed by atoms with Crippen LogP contribution in [-0.4, -0.2) is 68.4 Å². The van der Waals surface area contributed by atoms with Crippen LogP contribution in [0.25, 0.3) is 0 Å². The van der Waals surface area contributed by atoms with Crippen molar-refractivity contribution in [1.29, 1.82) is 0 Å². The molecule has 242 valence electrons. The number of aromatic nitrogens is 2. The number of imide groups is 2. The first kappa shape index (κ1) is 32.5. The maximum absolute atomic E-state index is 13.3. The molecule has 3 aliphatic heterocycles.